The van der Waals surface area contributed by atoms with Crippen LogP contribution in [0.15, 0.2) is 17.5 Å². The number of rotatable bonds is 4. The number of hydrogen-bond donors (Lipinski definition) is 0. The molecule has 0 unspecified atom stereocenters. The summed E-state index contributed by atoms with van der Waals surface area (Å²) >= 11 is 1.75. The molecule has 0 aromatic carbocycles. The number of thiophene rings is 1. The molecule has 0 bridgehead atoms. The van der Waals surface area contributed by atoms with E-state index in [9.17, 15) is 4.79 Å². The van der Waals surface area contributed by atoms with Crippen LogP contribution in [0, 0.1) is 5.92 Å². The lowest BCUT2D eigenvalue weighted by atomic mass is 9.82. The van der Waals surface area contributed by atoms with Gasteiger partial charge in [0.25, 0.3) is 0 Å². The number of hydrogen-bond acceptors (Lipinski definition) is 3. The van der Waals surface area contributed by atoms with Gasteiger partial charge in [0.2, 0.25) is 5.91 Å². The van der Waals surface area contributed by atoms with Gasteiger partial charge in [-0.1, -0.05) is 18.9 Å². The van der Waals surface area contributed by atoms with Crippen LogP contribution in [0.1, 0.15) is 43.4 Å². The van der Waals surface area contributed by atoms with Gasteiger partial charge in [-0.3, -0.25) is 4.79 Å². The zero-order valence-electron chi connectivity index (χ0n) is 12.8. The predicted molar refractivity (Wildman–Crippen MR) is 85.6 cm³/mol. The van der Waals surface area contributed by atoms with Crippen molar-refractivity contribution in [2.45, 2.75) is 43.9 Å². The van der Waals surface area contributed by atoms with Crippen molar-refractivity contribution in [2.75, 3.05) is 26.8 Å². The van der Waals surface area contributed by atoms with E-state index in [1.165, 1.54) is 17.7 Å². The second kappa shape index (κ2) is 6.49. The predicted octanol–water partition coefficient (Wildman–Crippen LogP) is 3.44. The van der Waals surface area contributed by atoms with Crippen LogP contribution in [0.4, 0.5) is 0 Å². The summed E-state index contributed by atoms with van der Waals surface area (Å²) in [5.74, 6) is 1.01. The summed E-state index contributed by atoms with van der Waals surface area (Å²) in [7, 11) is 1.77. The molecule has 1 saturated heterocycles. The minimum atomic E-state index is -0.206. The van der Waals surface area contributed by atoms with Gasteiger partial charge in [-0.25, -0.2) is 0 Å². The van der Waals surface area contributed by atoms with E-state index < -0.39 is 0 Å². The van der Waals surface area contributed by atoms with Crippen LogP contribution >= 0.6 is 11.3 Å². The van der Waals surface area contributed by atoms with Crippen LogP contribution in [-0.4, -0.2) is 37.6 Å². The Kier molecular flexibility index (Phi) is 4.65. The van der Waals surface area contributed by atoms with E-state index in [2.05, 4.69) is 22.4 Å². The first-order chi connectivity index (χ1) is 10.3. The molecule has 4 heteroatoms. The minimum absolute atomic E-state index is 0.206. The van der Waals surface area contributed by atoms with Crippen molar-refractivity contribution in [1.29, 1.82) is 0 Å². The number of carbonyl (C=O) groups excluding carboxylic acids is 1. The fourth-order valence-corrected chi connectivity index (χ4v) is 4.91. The number of nitrogens with zero attached hydrogens (tertiary/aromatic N) is 1. The molecule has 2 heterocycles. The fourth-order valence-electron chi connectivity index (χ4n) is 3.94. The van der Waals surface area contributed by atoms with Crippen molar-refractivity contribution in [2.24, 2.45) is 5.92 Å². The van der Waals surface area contributed by atoms with E-state index in [1.54, 1.807) is 18.4 Å². The summed E-state index contributed by atoms with van der Waals surface area (Å²) < 4.78 is 5.25. The summed E-state index contributed by atoms with van der Waals surface area (Å²) in [4.78, 5) is 16.6. The summed E-state index contributed by atoms with van der Waals surface area (Å²) in [6.07, 6.45) is 6.60. The van der Waals surface area contributed by atoms with E-state index in [0.29, 0.717) is 11.8 Å². The van der Waals surface area contributed by atoms with Crippen molar-refractivity contribution in [3.8, 4) is 0 Å². The third-order valence-corrected chi connectivity index (χ3v) is 6.24. The Hall–Kier alpha value is -0.870. The monoisotopic (exact) mass is 307 g/mol. The van der Waals surface area contributed by atoms with Crippen molar-refractivity contribution in [1.82, 2.24) is 4.90 Å². The topological polar surface area (TPSA) is 29.5 Å². The lowest BCUT2D eigenvalue weighted by molar-refractivity contribution is -0.139. The molecule has 0 N–H and O–H groups in total. The first kappa shape index (κ1) is 15.0. The second-order valence-corrected chi connectivity index (χ2v) is 7.41. The van der Waals surface area contributed by atoms with Gasteiger partial charge < -0.3 is 9.64 Å². The largest absolute Gasteiger partial charge is 0.384 e. The Labute approximate surface area is 131 Å². The number of amides is 1. The van der Waals surface area contributed by atoms with E-state index in [4.69, 9.17) is 4.74 Å². The third-order valence-electron chi connectivity index (χ3n) is 5.16. The smallest absolute Gasteiger partial charge is 0.234 e. The molecule has 1 saturated carbocycles. The van der Waals surface area contributed by atoms with Crippen LogP contribution in [-0.2, 0) is 14.9 Å². The molecule has 1 aromatic rings. The lowest BCUT2D eigenvalue weighted by Gasteiger charge is -2.38. The molecular formula is C17H25NO2S. The maximum absolute atomic E-state index is 13.2. The Bertz CT molecular complexity index is 457. The Morgan fingerprint density at radius 2 is 2.10 bits per heavy atom. The number of methoxy groups -OCH3 is 1. The molecule has 0 spiro atoms. The average molecular weight is 307 g/mol. The molecule has 0 radical (unpaired) electrons. The van der Waals surface area contributed by atoms with Crippen molar-refractivity contribution in [3.05, 3.63) is 22.4 Å². The average Bonchev–Trinajstić information content (AvgIpc) is 3.19. The zero-order chi connectivity index (χ0) is 14.7. The van der Waals surface area contributed by atoms with Gasteiger partial charge >= 0.3 is 0 Å². The van der Waals surface area contributed by atoms with Crippen LogP contribution in [0.5, 0.6) is 0 Å². The summed E-state index contributed by atoms with van der Waals surface area (Å²) in [6.45, 7) is 2.64. The summed E-state index contributed by atoms with van der Waals surface area (Å²) in [5.41, 5.74) is -0.206. The molecule has 3 rings (SSSR count). The van der Waals surface area contributed by atoms with Gasteiger partial charge in [-0.15, -0.1) is 11.3 Å². The SMILES string of the molecule is COCC1CCN(C(=O)C2(c3cccs3)CCCC2)CC1. The summed E-state index contributed by atoms with van der Waals surface area (Å²) in [6, 6.07) is 4.24. The van der Waals surface area contributed by atoms with Crippen molar-refractivity contribution in [3.63, 3.8) is 0 Å². The number of piperidine rings is 1. The fraction of sp³-hybridized carbons (Fsp3) is 0.706. The van der Waals surface area contributed by atoms with Gasteiger partial charge in [0.1, 0.15) is 0 Å². The highest BCUT2D eigenvalue weighted by Gasteiger charge is 2.46. The van der Waals surface area contributed by atoms with E-state index in [1.807, 2.05) is 0 Å². The number of likely N-dealkylation sites (tertiary alicyclic amines) is 1. The molecule has 1 aliphatic heterocycles. The van der Waals surface area contributed by atoms with Crippen LogP contribution in [0.25, 0.3) is 0 Å². The van der Waals surface area contributed by atoms with Crippen LogP contribution in [0.3, 0.4) is 0 Å². The summed E-state index contributed by atoms with van der Waals surface area (Å²) in [5, 5.41) is 2.10. The normalized spacial score (nSPS) is 22.6. The number of ether oxygens (including phenoxy) is 1. The molecule has 21 heavy (non-hydrogen) atoms. The van der Waals surface area contributed by atoms with Gasteiger partial charge in [-0.05, 0) is 43.0 Å². The Balaban J connectivity index is 1.72. The maximum Gasteiger partial charge on any atom is 0.234 e. The molecule has 1 aromatic heterocycles. The highest BCUT2D eigenvalue weighted by molar-refractivity contribution is 7.10. The molecule has 116 valence electrons. The minimum Gasteiger partial charge on any atom is -0.384 e. The van der Waals surface area contributed by atoms with Gasteiger partial charge in [0, 0.05) is 31.7 Å². The molecule has 2 fully saturated rings. The maximum atomic E-state index is 13.2. The molecule has 3 nitrogen and oxygen atoms in total. The van der Waals surface area contributed by atoms with Crippen LogP contribution in [0.2, 0.25) is 0 Å². The van der Waals surface area contributed by atoms with Gasteiger partial charge in [-0.2, -0.15) is 0 Å². The van der Waals surface area contributed by atoms with Crippen molar-refractivity contribution >= 4 is 17.2 Å². The number of carbonyl (C=O) groups is 1. The quantitative estimate of drug-likeness (QED) is 0.853. The standard InChI is InChI=1S/C17H25NO2S/c1-20-13-14-6-10-18(11-7-14)16(19)17(8-2-3-9-17)15-5-4-12-21-15/h4-5,12,14H,2-3,6-11,13H2,1H3. The van der Waals surface area contributed by atoms with E-state index in [0.717, 1.165) is 45.4 Å². The Morgan fingerprint density at radius 3 is 2.67 bits per heavy atom. The second-order valence-electron chi connectivity index (χ2n) is 6.46. The van der Waals surface area contributed by atoms with Crippen LogP contribution < -0.4 is 0 Å². The molecule has 0 atom stereocenters. The molecule has 1 aliphatic carbocycles. The molecular weight excluding hydrogens is 282 g/mol. The van der Waals surface area contributed by atoms with Gasteiger partial charge in [0.15, 0.2) is 0 Å². The highest BCUT2D eigenvalue weighted by Crippen LogP contribution is 2.44. The van der Waals surface area contributed by atoms with E-state index >= 15 is 0 Å². The van der Waals surface area contributed by atoms with Gasteiger partial charge in [0.05, 0.1) is 5.41 Å². The zero-order valence-corrected chi connectivity index (χ0v) is 13.7. The Morgan fingerprint density at radius 1 is 1.38 bits per heavy atom. The first-order valence-electron chi connectivity index (χ1n) is 8.08. The lowest BCUT2D eigenvalue weighted by Crippen LogP contribution is -2.48. The highest BCUT2D eigenvalue weighted by atomic mass is 32.1. The molecule has 2 aliphatic rings. The first-order valence-corrected chi connectivity index (χ1v) is 8.96. The third kappa shape index (κ3) is 2.88. The van der Waals surface area contributed by atoms with Crippen molar-refractivity contribution < 1.29 is 9.53 Å². The molecule has 1 amide bonds. The van der Waals surface area contributed by atoms with E-state index in [-0.39, 0.29) is 5.41 Å².